The molecule has 3 rings (SSSR count). The summed E-state index contributed by atoms with van der Waals surface area (Å²) in [5, 5.41) is 11.1. The molecule has 4 atom stereocenters. The van der Waals surface area contributed by atoms with Crippen LogP contribution in [0.25, 0.3) is 5.57 Å². The molecular weight excluding hydrogens is 332 g/mol. The van der Waals surface area contributed by atoms with Gasteiger partial charge in [-0.3, -0.25) is 0 Å². The maximum atomic E-state index is 11.1. The van der Waals surface area contributed by atoms with Crippen molar-refractivity contribution in [3.63, 3.8) is 0 Å². The molecule has 0 radical (unpaired) electrons. The molecular formula is C25H38O2. The van der Waals surface area contributed by atoms with E-state index in [2.05, 4.69) is 59.7 Å². The van der Waals surface area contributed by atoms with E-state index in [4.69, 9.17) is 4.74 Å². The molecule has 0 spiro atoms. The van der Waals surface area contributed by atoms with Gasteiger partial charge in [-0.25, -0.2) is 0 Å². The molecule has 27 heavy (non-hydrogen) atoms. The Balaban J connectivity index is 1.85. The number of aliphatic hydroxyl groups is 1. The number of hydrogen-bond acceptors (Lipinski definition) is 2. The van der Waals surface area contributed by atoms with Crippen molar-refractivity contribution in [2.75, 3.05) is 0 Å². The van der Waals surface area contributed by atoms with Gasteiger partial charge < -0.3 is 9.84 Å². The average molecular weight is 371 g/mol. The molecule has 1 aliphatic heterocycles. The van der Waals surface area contributed by atoms with Gasteiger partial charge in [-0.05, 0) is 50.5 Å². The molecule has 1 aromatic carbocycles. The zero-order valence-corrected chi connectivity index (χ0v) is 18.1. The molecule has 150 valence electrons. The van der Waals surface area contributed by atoms with E-state index >= 15 is 0 Å². The summed E-state index contributed by atoms with van der Waals surface area (Å²) in [4.78, 5) is 0. The van der Waals surface area contributed by atoms with E-state index < -0.39 is 6.10 Å². The van der Waals surface area contributed by atoms with Crippen molar-refractivity contribution in [1.82, 2.24) is 0 Å². The van der Waals surface area contributed by atoms with Crippen LogP contribution in [0.2, 0.25) is 0 Å². The molecule has 0 fully saturated rings. The highest BCUT2D eigenvalue weighted by Gasteiger charge is 2.41. The third kappa shape index (κ3) is 4.11. The lowest BCUT2D eigenvalue weighted by atomic mass is 9.70. The second-order valence-corrected chi connectivity index (χ2v) is 9.55. The predicted molar refractivity (Wildman–Crippen MR) is 113 cm³/mol. The summed E-state index contributed by atoms with van der Waals surface area (Å²) >= 11 is 0. The maximum absolute atomic E-state index is 11.1. The Morgan fingerprint density at radius 3 is 2.67 bits per heavy atom. The summed E-state index contributed by atoms with van der Waals surface area (Å²) in [7, 11) is 0. The highest BCUT2D eigenvalue weighted by Crippen LogP contribution is 2.49. The molecule has 0 bridgehead atoms. The minimum Gasteiger partial charge on any atom is -0.487 e. The van der Waals surface area contributed by atoms with Crippen molar-refractivity contribution in [1.29, 1.82) is 0 Å². The minimum absolute atomic E-state index is 0.334. The Labute approximate surface area is 166 Å². The van der Waals surface area contributed by atoms with E-state index in [9.17, 15) is 5.11 Å². The first-order valence-electron chi connectivity index (χ1n) is 11.0. The topological polar surface area (TPSA) is 29.5 Å². The van der Waals surface area contributed by atoms with Gasteiger partial charge in [-0.15, -0.1) is 0 Å². The molecule has 2 nitrogen and oxygen atoms in total. The number of aryl methyl sites for hydroxylation is 1. The fourth-order valence-electron chi connectivity index (χ4n) is 5.06. The van der Waals surface area contributed by atoms with Crippen LogP contribution < -0.4 is 0 Å². The Bertz CT molecular complexity index is 700. The van der Waals surface area contributed by atoms with Crippen molar-refractivity contribution >= 4 is 5.57 Å². The Kier molecular flexibility index (Phi) is 6.05. The third-order valence-corrected chi connectivity index (χ3v) is 7.00. The quantitative estimate of drug-likeness (QED) is 0.572. The SMILES string of the molecule is CCCCCC(C)C(C)C1CC2=C(c3cc(C)ccc3C(C)(C)O2)C(O)C1. The molecule has 1 N–H and O–H groups in total. The molecule has 1 aliphatic carbocycles. The highest BCUT2D eigenvalue weighted by atomic mass is 16.5. The van der Waals surface area contributed by atoms with Crippen LogP contribution in [-0.2, 0) is 10.3 Å². The van der Waals surface area contributed by atoms with Crippen molar-refractivity contribution in [3.8, 4) is 0 Å². The Morgan fingerprint density at radius 1 is 1.22 bits per heavy atom. The van der Waals surface area contributed by atoms with E-state index in [1.165, 1.54) is 42.4 Å². The van der Waals surface area contributed by atoms with Crippen molar-refractivity contribution < 1.29 is 9.84 Å². The number of ether oxygens (including phenoxy) is 1. The van der Waals surface area contributed by atoms with Crippen molar-refractivity contribution in [2.24, 2.45) is 17.8 Å². The van der Waals surface area contributed by atoms with E-state index in [1.54, 1.807) is 0 Å². The number of rotatable bonds is 6. The summed E-state index contributed by atoms with van der Waals surface area (Å²) in [6, 6.07) is 6.55. The molecule has 2 heteroatoms. The maximum Gasteiger partial charge on any atom is 0.128 e. The molecule has 0 aromatic heterocycles. The Hall–Kier alpha value is -1.28. The second kappa shape index (κ2) is 7.99. The molecule has 1 heterocycles. The van der Waals surface area contributed by atoms with Gasteiger partial charge in [0.1, 0.15) is 11.4 Å². The van der Waals surface area contributed by atoms with E-state index in [0.717, 1.165) is 24.2 Å². The van der Waals surface area contributed by atoms with E-state index in [0.29, 0.717) is 17.8 Å². The van der Waals surface area contributed by atoms with Crippen LogP contribution in [0, 0.1) is 24.7 Å². The highest BCUT2D eigenvalue weighted by molar-refractivity contribution is 5.76. The summed E-state index contributed by atoms with van der Waals surface area (Å²) in [5.41, 5.74) is 4.36. The molecule has 0 amide bonds. The molecule has 0 saturated heterocycles. The minimum atomic E-state index is -0.416. The van der Waals surface area contributed by atoms with Crippen LogP contribution in [0.3, 0.4) is 0 Å². The van der Waals surface area contributed by atoms with Crippen molar-refractivity contribution in [2.45, 2.75) is 91.8 Å². The van der Waals surface area contributed by atoms with Gasteiger partial charge in [0.15, 0.2) is 0 Å². The molecule has 2 aliphatic rings. The van der Waals surface area contributed by atoms with Crippen LogP contribution >= 0.6 is 0 Å². The van der Waals surface area contributed by atoms with Crippen LogP contribution in [0.4, 0.5) is 0 Å². The number of allylic oxidation sites excluding steroid dienone is 1. The first-order chi connectivity index (χ1) is 12.7. The fourth-order valence-corrected chi connectivity index (χ4v) is 5.06. The molecule has 4 unspecified atom stereocenters. The number of aliphatic hydroxyl groups excluding tert-OH is 1. The van der Waals surface area contributed by atoms with E-state index in [-0.39, 0.29) is 5.60 Å². The van der Waals surface area contributed by atoms with Crippen LogP contribution in [0.15, 0.2) is 24.0 Å². The van der Waals surface area contributed by atoms with Gasteiger partial charge in [-0.2, -0.15) is 0 Å². The predicted octanol–water partition coefficient (Wildman–Crippen LogP) is 6.59. The lowest BCUT2D eigenvalue weighted by Crippen LogP contribution is -2.36. The van der Waals surface area contributed by atoms with Gasteiger partial charge in [0.2, 0.25) is 0 Å². The summed E-state index contributed by atoms with van der Waals surface area (Å²) < 4.78 is 6.49. The number of unbranched alkanes of at least 4 members (excludes halogenated alkanes) is 2. The number of fused-ring (bicyclic) bond motifs is 2. The van der Waals surface area contributed by atoms with Crippen LogP contribution in [-0.4, -0.2) is 11.2 Å². The zero-order valence-electron chi connectivity index (χ0n) is 18.1. The van der Waals surface area contributed by atoms with E-state index in [1.807, 2.05) is 0 Å². The van der Waals surface area contributed by atoms with Gasteiger partial charge in [0.25, 0.3) is 0 Å². The lowest BCUT2D eigenvalue weighted by Gasteiger charge is -2.43. The second-order valence-electron chi connectivity index (χ2n) is 9.55. The lowest BCUT2D eigenvalue weighted by molar-refractivity contribution is 0.00280. The number of hydrogen-bond donors (Lipinski definition) is 1. The first kappa shape index (κ1) is 20.5. The summed E-state index contributed by atoms with van der Waals surface area (Å²) in [5.74, 6) is 2.84. The summed E-state index contributed by atoms with van der Waals surface area (Å²) in [6.07, 6.45) is 6.62. The molecule has 1 aromatic rings. The van der Waals surface area contributed by atoms with Crippen LogP contribution in [0.1, 0.15) is 89.8 Å². The van der Waals surface area contributed by atoms with Gasteiger partial charge in [0, 0.05) is 17.6 Å². The largest absolute Gasteiger partial charge is 0.487 e. The van der Waals surface area contributed by atoms with Gasteiger partial charge in [-0.1, -0.05) is 70.2 Å². The molecule has 0 saturated carbocycles. The fraction of sp³-hybridized carbons (Fsp3) is 0.680. The first-order valence-corrected chi connectivity index (χ1v) is 11.0. The van der Waals surface area contributed by atoms with Crippen molar-refractivity contribution in [3.05, 3.63) is 40.6 Å². The third-order valence-electron chi connectivity index (χ3n) is 7.00. The zero-order chi connectivity index (χ0) is 19.8. The van der Waals surface area contributed by atoms with Crippen LogP contribution in [0.5, 0.6) is 0 Å². The summed E-state index contributed by atoms with van der Waals surface area (Å²) in [6.45, 7) is 13.5. The standard InChI is InChI=1S/C25H38O2/c1-7-8-9-10-17(3)18(4)19-14-22(26)24-20-13-16(2)11-12-21(20)25(5,6)27-23(24)15-19/h11-13,17-19,22,26H,7-10,14-15H2,1-6H3. The Morgan fingerprint density at radius 2 is 1.96 bits per heavy atom. The number of benzene rings is 1. The smallest absolute Gasteiger partial charge is 0.128 e. The monoisotopic (exact) mass is 370 g/mol. The normalized spacial score (nSPS) is 26.0. The van der Waals surface area contributed by atoms with Gasteiger partial charge in [0.05, 0.1) is 6.10 Å². The van der Waals surface area contributed by atoms with Gasteiger partial charge >= 0.3 is 0 Å². The average Bonchev–Trinajstić information content (AvgIpc) is 2.59.